The van der Waals surface area contributed by atoms with Gasteiger partial charge in [-0.2, -0.15) is 4.99 Å². The Morgan fingerprint density at radius 1 is 1.14 bits per heavy atom. The van der Waals surface area contributed by atoms with Gasteiger partial charge in [0.25, 0.3) is 5.91 Å². The molecule has 2 aromatic carbocycles. The average molecular weight is 471 g/mol. The summed E-state index contributed by atoms with van der Waals surface area (Å²) in [5.74, 6) is 0.103. The molecule has 0 saturated carbocycles. The van der Waals surface area contributed by atoms with Crippen molar-refractivity contribution in [1.82, 2.24) is 0 Å². The van der Waals surface area contributed by atoms with Crippen LogP contribution in [0.15, 0.2) is 53.5 Å². The maximum absolute atomic E-state index is 12.4. The van der Waals surface area contributed by atoms with Gasteiger partial charge in [-0.15, -0.1) is 0 Å². The molecule has 2 aliphatic heterocycles. The maximum atomic E-state index is 12.4. The highest BCUT2D eigenvalue weighted by Crippen LogP contribution is 2.44. The molecule has 6 nitrogen and oxygen atoms in total. The number of carbonyl (C=O) groups is 1. The number of carbonyl (C=O) groups excluding carboxylic acids is 1. The van der Waals surface area contributed by atoms with Crippen molar-refractivity contribution in [2.45, 2.75) is 11.3 Å². The van der Waals surface area contributed by atoms with Crippen LogP contribution in [0.2, 0.25) is 10.0 Å². The number of benzene rings is 2. The van der Waals surface area contributed by atoms with Crippen LogP contribution in [0.1, 0.15) is 0 Å². The van der Waals surface area contributed by atoms with E-state index < -0.39 is 15.7 Å². The largest absolute Gasteiger partial charge is 0.484 e. The molecule has 29 heavy (non-hydrogen) atoms. The van der Waals surface area contributed by atoms with Crippen LogP contribution in [0, 0.1) is 0 Å². The molecule has 10 heteroatoms. The van der Waals surface area contributed by atoms with Crippen molar-refractivity contribution >= 4 is 61.6 Å². The molecule has 2 fully saturated rings. The van der Waals surface area contributed by atoms with Gasteiger partial charge < -0.3 is 9.64 Å². The SMILES string of the molecule is O=C(COc1ccccc1)N=C1S[C@H]2CS(=O)(=O)C[C@@H]2N1c1cccc(Cl)c1Cl. The van der Waals surface area contributed by atoms with Gasteiger partial charge in [0.05, 0.1) is 33.3 Å². The lowest BCUT2D eigenvalue weighted by Crippen LogP contribution is -2.38. The molecule has 0 aromatic heterocycles. The summed E-state index contributed by atoms with van der Waals surface area (Å²) < 4.78 is 29.7. The van der Waals surface area contributed by atoms with Crippen molar-refractivity contribution in [3.8, 4) is 5.75 Å². The van der Waals surface area contributed by atoms with Crippen LogP contribution in [0.5, 0.6) is 5.75 Å². The second kappa shape index (κ2) is 8.18. The standard InChI is InChI=1S/C19H16Cl2N2O4S2/c20-13-7-4-8-14(18(13)21)23-15-10-29(25,26)11-16(15)28-19(23)22-17(24)9-27-12-5-2-1-3-6-12/h1-8,15-16H,9-11H2/t15-,16-/m0/s1. The van der Waals surface area contributed by atoms with E-state index in [2.05, 4.69) is 4.99 Å². The van der Waals surface area contributed by atoms with Gasteiger partial charge in [0, 0.05) is 5.25 Å². The molecule has 2 aromatic rings. The van der Waals surface area contributed by atoms with Crippen molar-refractivity contribution in [2.24, 2.45) is 4.99 Å². The van der Waals surface area contributed by atoms with Gasteiger partial charge in [-0.25, -0.2) is 8.42 Å². The van der Waals surface area contributed by atoms with Crippen LogP contribution in [0.25, 0.3) is 0 Å². The number of thioether (sulfide) groups is 1. The molecule has 2 heterocycles. The Balaban J connectivity index is 1.62. The lowest BCUT2D eigenvalue weighted by Gasteiger charge is -2.25. The van der Waals surface area contributed by atoms with Crippen LogP contribution in [-0.4, -0.2) is 48.9 Å². The first-order valence-electron chi connectivity index (χ1n) is 8.74. The highest BCUT2D eigenvalue weighted by molar-refractivity contribution is 8.16. The Kier molecular flexibility index (Phi) is 5.79. The third-order valence-corrected chi connectivity index (χ3v) is 8.60. The Hall–Kier alpha value is -1.74. The fraction of sp³-hybridized carbons (Fsp3) is 0.263. The minimum atomic E-state index is -3.17. The average Bonchev–Trinajstić information content (AvgIpc) is 3.14. The lowest BCUT2D eigenvalue weighted by atomic mass is 10.2. The number of amidine groups is 1. The molecule has 0 radical (unpaired) electrons. The quantitative estimate of drug-likeness (QED) is 0.678. The van der Waals surface area contributed by atoms with Gasteiger partial charge >= 0.3 is 0 Å². The zero-order chi connectivity index (χ0) is 20.6. The van der Waals surface area contributed by atoms with E-state index in [1.54, 1.807) is 35.2 Å². The third kappa shape index (κ3) is 4.40. The second-order valence-corrected chi connectivity index (χ2v) is 10.8. The van der Waals surface area contributed by atoms with Crippen molar-refractivity contribution in [2.75, 3.05) is 23.0 Å². The topological polar surface area (TPSA) is 76.0 Å². The number of halogens is 2. The number of aliphatic imine (C=N–C) groups is 1. The summed E-state index contributed by atoms with van der Waals surface area (Å²) in [6.45, 7) is -0.223. The molecule has 2 atom stereocenters. The van der Waals surface area contributed by atoms with Crippen LogP contribution in [0.4, 0.5) is 5.69 Å². The summed E-state index contributed by atoms with van der Waals surface area (Å²) in [6.07, 6.45) is 0. The number of ether oxygens (including phenoxy) is 1. The van der Waals surface area contributed by atoms with Gasteiger partial charge in [0.1, 0.15) is 5.75 Å². The van der Waals surface area contributed by atoms with E-state index in [0.29, 0.717) is 26.6 Å². The van der Waals surface area contributed by atoms with Gasteiger partial charge in [-0.3, -0.25) is 4.79 Å². The number of hydrogen-bond acceptors (Lipinski definition) is 5. The van der Waals surface area contributed by atoms with Gasteiger partial charge in [0.2, 0.25) is 0 Å². The number of hydrogen-bond donors (Lipinski definition) is 0. The molecule has 0 aliphatic carbocycles. The zero-order valence-corrected chi connectivity index (χ0v) is 18.1. The van der Waals surface area contributed by atoms with Crippen molar-refractivity contribution in [3.05, 3.63) is 58.6 Å². The summed E-state index contributed by atoms with van der Waals surface area (Å²) >= 11 is 13.8. The van der Waals surface area contributed by atoms with Crippen LogP contribution in [0.3, 0.4) is 0 Å². The smallest absolute Gasteiger partial charge is 0.285 e. The highest BCUT2D eigenvalue weighted by Gasteiger charge is 2.49. The first kappa shape index (κ1) is 20.5. The fourth-order valence-electron chi connectivity index (χ4n) is 3.33. The first-order valence-corrected chi connectivity index (χ1v) is 12.2. The monoisotopic (exact) mass is 470 g/mol. The van der Waals surface area contributed by atoms with E-state index in [0.717, 1.165) is 0 Å². The van der Waals surface area contributed by atoms with Crippen LogP contribution < -0.4 is 9.64 Å². The molecule has 4 rings (SSSR count). The molecule has 0 N–H and O–H groups in total. The molecule has 152 valence electrons. The number of amides is 1. The first-order chi connectivity index (χ1) is 13.8. The second-order valence-electron chi connectivity index (χ2n) is 6.63. The van der Waals surface area contributed by atoms with Gasteiger partial charge in [0.15, 0.2) is 21.6 Å². The minimum absolute atomic E-state index is 0.0266. The predicted octanol–water partition coefficient (Wildman–Crippen LogP) is 3.67. The van der Waals surface area contributed by atoms with E-state index in [1.807, 2.05) is 18.2 Å². The van der Waals surface area contributed by atoms with Gasteiger partial charge in [-0.1, -0.05) is 59.2 Å². The van der Waals surface area contributed by atoms with E-state index in [-0.39, 0.29) is 29.4 Å². The van der Waals surface area contributed by atoms with E-state index in [4.69, 9.17) is 27.9 Å². The molecule has 0 unspecified atom stereocenters. The summed E-state index contributed by atoms with van der Waals surface area (Å²) in [7, 11) is -3.17. The fourth-order valence-corrected chi connectivity index (χ4v) is 7.64. The van der Waals surface area contributed by atoms with E-state index in [1.165, 1.54) is 11.8 Å². The van der Waals surface area contributed by atoms with E-state index in [9.17, 15) is 13.2 Å². The Labute approximate surface area is 182 Å². The van der Waals surface area contributed by atoms with Crippen molar-refractivity contribution in [1.29, 1.82) is 0 Å². The summed E-state index contributed by atoms with van der Waals surface area (Å²) in [4.78, 5) is 18.3. The van der Waals surface area contributed by atoms with Crippen LogP contribution >= 0.6 is 35.0 Å². The van der Waals surface area contributed by atoms with Crippen molar-refractivity contribution < 1.29 is 17.9 Å². The lowest BCUT2D eigenvalue weighted by molar-refractivity contribution is -0.119. The molecule has 2 aliphatic rings. The molecule has 0 spiro atoms. The predicted molar refractivity (Wildman–Crippen MR) is 117 cm³/mol. The highest BCUT2D eigenvalue weighted by atomic mass is 35.5. The summed E-state index contributed by atoms with van der Waals surface area (Å²) in [5, 5.41) is 0.814. The molecule has 2 saturated heterocycles. The summed E-state index contributed by atoms with van der Waals surface area (Å²) in [6, 6.07) is 13.7. The number of rotatable bonds is 4. The number of para-hydroxylation sites is 1. The minimum Gasteiger partial charge on any atom is -0.484 e. The van der Waals surface area contributed by atoms with Gasteiger partial charge in [-0.05, 0) is 24.3 Å². The maximum Gasteiger partial charge on any atom is 0.285 e. The number of nitrogens with zero attached hydrogens (tertiary/aromatic N) is 2. The van der Waals surface area contributed by atoms with Crippen molar-refractivity contribution in [3.63, 3.8) is 0 Å². The molecule has 0 bridgehead atoms. The Morgan fingerprint density at radius 2 is 1.90 bits per heavy atom. The third-order valence-electron chi connectivity index (χ3n) is 4.58. The number of sulfone groups is 1. The van der Waals surface area contributed by atoms with Crippen LogP contribution in [-0.2, 0) is 14.6 Å². The Bertz CT molecular complexity index is 1080. The number of anilines is 1. The molecule has 1 amide bonds. The Morgan fingerprint density at radius 3 is 2.66 bits per heavy atom. The molecular formula is C19H16Cl2N2O4S2. The zero-order valence-electron chi connectivity index (χ0n) is 15.0. The normalized spacial score (nSPS) is 23.9. The molecular weight excluding hydrogens is 455 g/mol. The summed E-state index contributed by atoms with van der Waals surface area (Å²) in [5.41, 5.74) is 0.534. The number of fused-ring (bicyclic) bond motifs is 1. The van der Waals surface area contributed by atoms with E-state index >= 15 is 0 Å².